The number of amides is 2. The minimum atomic E-state index is -0.402. The van der Waals surface area contributed by atoms with Crippen molar-refractivity contribution in [2.75, 3.05) is 6.54 Å². The minimum absolute atomic E-state index is 0.104. The van der Waals surface area contributed by atoms with Gasteiger partial charge >= 0.3 is 0 Å². The molecule has 4 heteroatoms. The van der Waals surface area contributed by atoms with Gasteiger partial charge in [0.25, 0.3) is 0 Å². The number of primary amides is 1. The van der Waals surface area contributed by atoms with Gasteiger partial charge in [0.2, 0.25) is 11.8 Å². The van der Waals surface area contributed by atoms with E-state index in [0.29, 0.717) is 13.0 Å². The van der Waals surface area contributed by atoms with Crippen LogP contribution in [-0.4, -0.2) is 18.4 Å². The van der Waals surface area contributed by atoms with Crippen LogP contribution in [0.2, 0.25) is 0 Å². The molecule has 0 aliphatic rings. The van der Waals surface area contributed by atoms with Gasteiger partial charge in [-0.05, 0) is 13.3 Å². The van der Waals surface area contributed by atoms with Gasteiger partial charge in [-0.1, -0.05) is 13.8 Å². The minimum Gasteiger partial charge on any atom is -0.369 e. The summed E-state index contributed by atoms with van der Waals surface area (Å²) in [6, 6.07) is 0. The third kappa shape index (κ3) is 3.44. The van der Waals surface area contributed by atoms with Gasteiger partial charge in [0.05, 0.1) is 0 Å². The van der Waals surface area contributed by atoms with Crippen LogP contribution in [-0.2, 0) is 9.59 Å². The molecular weight excluding hydrogens is 168 g/mol. The Balaban J connectivity index is 4.27. The predicted octanol–water partition coefficient (Wildman–Crippen LogP) is 0.270. The summed E-state index contributed by atoms with van der Waals surface area (Å²) in [6.45, 7) is 6.00. The molecule has 0 rings (SSSR count). The van der Waals surface area contributed by atoms with Gasteiger partial charge in [-0.2, -0.15) is 0 Å². The van der Waals surface area contributed by atoms with Crippen molar-refractivity contribution >= 4 is 11.8 Å². The molecular formula is C9H18N2O2. The van der Waals surface area contributed by atoms with E-state index in [-0.39, 0.29) is 17.7 Å². The summed E-state index contributed by atoms with van der Waals surface area (Å²) < 4.78 is 0. The van der Waals surface area contributed by atoms with Crippen LogP contribution in [0.25, 0.3) is 0 Å². The largest absolute Gasteiger partial charge is 0.369 e. The Kier molecular flexibility index (Phi) is 5.11. The molecule has 4 nitrogen and oxygen atoms in total. The Morgan fingerprint density at radius 2 is 1.92 bits per heavy atom. The SMILES string of the molecule is CCNC(=O)C(C)C(CC)C(N)=O. The second-order valence-electron chi connectivity index (χ2n) is 3.10. The van der Waals surface area contributed by atoms with E-state index >= 15 is 0 Å². The molecule has 13 heavy (non-hydrogen) atoms. The van der Waals surface area contributed by atoms with Crippen LogP contribution < -0.4 is 11.1 Å². The molecule has 0 fully saturated rings. The van der Waals surface area contributed by atoms with Crippen LogP contribution in [0.3, 0.4) is 0 Å². The first-order valence-corrected chi connectivity index (χ1v) is 4.61. The molecule has 0 heterocycles. The standard InChI is InChI=1S/C9H18N2O2/c1-4-7(8(10)12)6(3)9(13)11-5-2/h6-7H,4-5H2,1-3H3,(H2,10,12)(H,11,13). The van der Waals surface area contributed by atoms with E-state index in [4.69, 9.17) is 5.73 Å². The van der Waals surface area contributed by atoms with Crippen molar-refractivity contribution in [2.24, 2.45) is 17.6 Å². The smallest absolute Gasteiger partial charge is 0.223 e. The lowest BCUT2D eigenvalue weighted by atomic mass is 9.90. The summed E-state index contributed by atoms with van der Waals surface area (Å²) >= 11 is 0. The van der Waals surface area contributed by atoms with Crippen LogP contribution in [0.5, 0.6) is 0 Å². The molecule has 2 atom stereocenters. The van der Waals surface area contributed by atoms with Crippen molar-refractivity contribution in [1.29, 1.82) is 0 Å². The Bertz CT molecular complexity index is 192. The summed E-state index contributed by atoms with van der Waals surface area (Å²) in [5.41, 5.74) is 5.16. The third-order valence-electron chi connectivity index (χ3n) is 2.17. The molecule has 0 aliphatic heterocycles. The van der Waals surface area contributed by atoms with E-state index in [1.165, 1.54) is 0 Å². The van der Waals surface area contributed by atoms with Crippen LogP contribution in [0.15, 0.2) is 0 Å². The lowest BCUT2D eigenvalue weighted by molar-refractivity contribution is -0.132. The second-order valence-corrected chi connectivity index (χ2v) is 3.10. The first-order chi connectivity index (χ1) is 6.04. The maximum absolute atomic E-state index is 11.3. The number of carbonyl (C=O) groups is 2. The van der Waals surface area contributed by atoms with Crippen molar-refractivity contribution in [1.82, 2.24) is 5.32 Å². The topological polar surface area (TPSA) is 72.2 Å². The van der Waals surface area contributed by atoms with Crippen LogP contribution >= 0.6 is 0 Å². The first-order valence-electron chi connectivity index (χ1n) is 4.61. The number of hydrogen-bond acceptors (Lipinski definition) is 2. The molecule has 0 aromatic rings. The molecule has 0 aliphatic carbocycles. The number of rotatable bonds is 5. The van der Waals surface area contributed by atoms with Gasteiger partial charge in [0, 0.05) is 18.4 Å². The fourth-order valence-corrected chi connectivity index (χ4v) is 1.32. The van der Waals surface area contributed by atoms with Crippen molar-refractivity contribution in [3.8, 4) is 0 Å². The maximum atomic E-state index is 11.3. The summed E-state index contributed by atoms with van der Waals surface area (Å²) in [6.07, 6.45) is 0.605. The number of nitrogens with one attached hydrogen (secondary N) is 1. The summed E-state index contributed by atoms with van der Waals surface area (Å²) in [5, 5.41) is 2.67. The van der Waals surface area contributed by atoms with Crippen LogP contribution in [0.4, 0.5) is 0 Å². The van der Waals surface area contributed by atoms with E-state index in [1.54, 1.807) is 6.92 Å². The summed E-state index contributed by atoms with van der Waals surface area (Å²) in [4.78, 5) is 22.3. The highest BCUT2D eigenvalue weighted by Gasteiger charge is 2.26. The van der Waals surface area contributed by atoms with Gasteiger partial charge in [-0.15, -0.1) is 0 Å². The molecule has 76 valence electrons. The number of carbonyl (C=O) groups excluding carboxylic acids is 2. The molecule has 0 radical (unpaired) electrons. The zero-order chi connectivity index (χ0) is 10.4. The Labute approximate surface area is 78.9 Å². The molecule has 0 saturated carbocycles. The molecule has 0 aromatic heterocycles. The average Bonchev–Trinajstić information content (AvgIpc) is 2.05. The normalized spacial score (nSPS) is 14.7. The molecule has 3 N–H and O–H groups in total. The van der Waals surface area contributed by atoms with Gasteiger partial charge < -0.3 is 11.1 Å². The number of nitrogens with two attached hydrogens (primary N) is 1. The fourth-order valence-electron chi connectivity index (χ4n) is 1.32. The monoisotopic (exact) mass is 186 g/mol. The van der Waals surface area contributed by atoms with E-state index < -0.39 is 5.91 Å². The summed E-state index contributed by atoms with van der Waals surface area (Å²) in [5.74, 6) is -1.19. The zero-order valence-corrected chi connectivity index (χ0v) is 8.46. The quantitative estimate of drug-likeness (QED) is 0.647. The number of hydrogen-bond donors (Lipinski definition) is 2. The van der Waals surface area contributed by atoms with E-state index in [1.807, 2.05) is 13.8 Å². The molecule has 0 bridgehead atoms. The molecule has 2 unspecified atom stereocenters. The molecule has 0 spiro atoms. The van der Waals surface area contributed by atoms with Crippen molar-refractivity contribution in [2.45, 2.75) is 27.2 Å². The highest BCUT2D eigenvalue weighted by molar-refractivity contribution is 5.86. The average molecular weight is 186 g/mol. The Hall–Kier alpha value is -1.06. The Morgan fingerprint density at radius 3 is 2.23 bits per heavy atom. The lowest BCUT2D eigenvalue weighted by Crippen LogP contribution is -2.38. The first kappa shape index (κ1) is 11.9. The highest BCUT2D eigenvalue weighted by atomic mass is 16.2. The van der Waals surface area contributed by atoms with E-state index in [2.05, 4.69) is 5.32 Å². The Morgan fingerprint density at radius 1 is 1.38 bits per heavy atom. The van der Waals surface area contributed by atoms with Gasteiger partial charge in [0.1, 0.15) is 0 Å². The van der Waals surface area contributed by atoms with E-state index in [0.717, 1.165) is 0 Å². The van der Waals surface area contributed by atoms with Gasteiger partial charge in [-0.3, -0.25) is 9.59 Å². The van der Waals surface area contributed by atoms with Crippen LogP contribution in [0.1, 0.15) is 27.2 Å². The zero-order valence-electron chi connectivity index (χ0n) is 8.46. The maximum Gasteiger partial charge on any atom is 0.223 e. The molecule has 0 aromatic carbocycles. The van der Waals surface area contributed by atoms with E-state index in [9.17, 15) is 9.59 Å². The predicted molar refractivity (Wildman–Crippen MR) is 50.8 cm³/mol. The van der Waals surface area contributed by atoms with Crippen LogP contribution in [0, 0.1) is 11.8 Å². The van der Waals surface area contributed by atoms with Gasteiger partial charge in [-0.25, -0.2) is 0 Å². The fraction of sp³-hybridized carbons (Fsp3) is 0.778. The van der Waals surface area contributed by atoms with Crippen molar-refractivity contribution < 1.29 is 9.59 Å². The molecule has 0 saturated heterocycles. The highest BCUT2D eigenvalue weighted by Crippen LogP contribution is 2.14. The van der Waals surface area contributed by atoms with Crippen molar-refractivity contribution in [3.05, 3.63) is 0 Å². The lowest BCUT2D eigenvalue weighted by Gasteiger charge is -2.18. The molecule has 2 amide bonds. The third-order valence-corrected chi connectivity index (χ3v) is 2.17. The van der Waals surface area contributed by atoms with Gasteiger partial charge in [0.15, 0.2) is 0 Å². The summed E-state index contributed by atoms with van der Waals surface area (Å²) in [7, 11) is 0. The second kappa shape index (κ2) is 5.56. The van der Waals surface area contributed by atoms with Crippen molar-refractivity contribution in [3.63, 3.8) is 0 Å².